The number of methoxy groups -OCH3 is 1. The number of anilines is 2. The summed E-state index contributed by atoms with van der Waals surface area (Å²) in [6.45, 7) is 1.41. The third-order valence-electron chi connectivity index (χ3n) is 3.35. The molecule has 0 spiro atoms. The Labute approximate surface area is 135 Å². The van der Waals surface area contributed by atoms with Gasteiger partial charge >= 0.3 is 0 Å². The molecule has 6 nitrogen and oxygen atoms in total. The number of hydrogen-bond acceptors (Lipinski definition) is 4. The van der Waals surface area contributed by atoms with Gasteiger partial charge in [-0.15, -0.1) is 0 Å². The second-order valence-electron chi connectivity index (χ2n) is 4.88. The normalized spacial score (nSPS) is 10.9. The lowest BCUT2D eigenvalue weighted by molar-refractivity contribution is -0.116. The van der Waals surface area contributed by atoms with Crippen molar-refractivity contribution in [1.82, 2.24) is 0 Å². The summed E-state index contributed by atoms with van der Waals surface area (Å²) in [5.41, 5.74) is 0.818. The summed E-state index contributed by atoms with van der Waals surface area (Å²) in [5, 5.41) is 0. The van der Waals surface area contributed by atoms with Crippen LogP contribution < -0.4 is 14.4 Å². The molecule has 0 aliphatic carbocycles. The smallest absolute Gasteiger partial charge is 0.261 e. The van der Waals surface area contributed by atoms with Gasteiger partial charge in [-0.2, -0.15) is 0 Å². The minimum atomic E-state index is -3.76. The third-order valence-corrected chi connectivity index (χ3v) is 4.73. The summed E-state index contributed by atoms with van der Waals surface area (Å²) < 4.78 is 32.5. The van der Waals surface area contributed by atoms with Gasteiger partial charge in [0.2, 0.25) is 5.91 Å². The first kappa shape index (κ1) is 16.8. The number of nitrogens with one attached hydrogen (secondary N) is 1. The first-order valence-electron chi connectivity index (χ1n) is 6.85. The summed E-state index contributed by atoms with van der Waals surface area (Å²) in [4.78, 5) is 13.0. The number of hydrogen-bond donors (Lipinski definition) is 1. The number of amides is 1. The van der Waals surface area contributed by atoms with Gasteiger partial charge < -0.3 is 9.64 Å². The van der Waals surface area contributed by atoms with Gasteiger partial charge in [0, 0.05) is 14.0 Å². The number of sulfonamides is 1. The number of carbonyl (C=O) groups excluding carboxylic acids is 1. The molecule has 0 atom stereocenters. The van der Waals surface area contributed by atoms with Crippen molar-refractivity contribution < 1.29 is 17.9 Å². The number of rotatable bonds is 5. The Morgan fingerprint density at radius 3 is 2.26 bits per heavy atom. The zero-order chi connectivity index (χ0) is 17.0. The molecule has 0 aliphatic heterocycles. The van der Waals surface area contributed by atoms with Crippen LogP contribution in [-0.2, 0) is 14.8 Å². The fraction of sp³-hybridized carbons (Fsp3) is 0.188. The largest absolute Gasteiger partial charge is 0.497 e. The van der Waals surface area contributed by atoms with Crippen LogP contribution in [0.3, 0.4) is 0 Å². The standard InChI is InChI=1S/C16H18N2O4S/c1-12(19)18(2)16-7-5-4-6-15(16)17-23(20,21)14-10-8-13(22-3)9-11-14/h4-11,17H,1-3H3. The Morgan fingerprint density at radius 2 is 1.70 bits per heavy atom. The molecule has 2 aromatic rings. The van der Waals surface area contributed by atoms with Crippen LogP contribution in [0.4, 0.5) is 11.4 Å². The van der Waals surface area contributed by atoms with Gasteiger partial charge in [0.1, 0.15) is 5.75 Å². The molecule has 23 heavy (non-hydrogen) atoms. The van der Waals surface area contributed by atoms with Gasteiger partial charge in [-0.3, -0.25) is 9.52 Å². The van der Waals surface area contributed by atoms with E-state index >= 15 is 0 Å². The van der Waals surface area contributed by atoms with Gasteiger partial charge in [0.05, 0.1) is 23.4 Å². The van der Waals surface area contributed by atoms with Crippen molar-refractivity contribution in [3.05, 3.63) is 48.5 Å². The van der Waals surface area contributed by atoms with E-state index in [1.165, 1.54) is 31.1 Å². The Kier molecular flexibility index (Phi) is 4.90. The molecule has 0 fully saturated rings. The Hall–Kier alpha value is -2.54. The van der Waals surface area contributed by atoms with Crippen LogP contribution in [-0.4, -0.2) is 28.5 Å². The van der Waals surface area contributed by atoms with Crippen LogP contribution in [0.2, 0.25) is 0 Å². The zero-order valence-corrected chi connectivity index (χ0v) is 13.9. The molecule has 1 N–H and O–H groups in total. The maximum atomic E-state index is 12.5. The highest BCUT2D eigenvalue weighted by Crippen LogP contribution is 2.27. The van der Waals surface area contributed by atoms with Gasteiger partial charge in [0.15, 0.2) is 0 Å². The molecule has 122 valence electrons. The van der Waals surface area contributed by atoms with Gasteiger partial charge in [-0.1, -0.05) is 12.1 Å². The van der Waals surface area contributed by atoms with Crippen molar-refractivity contribution >= 4 is 27.3 Å². The Balaban J connectivity index is 2.35. The van der Waals surface area contributed by atoms with E-state index in [1.807, 2.05) is 0 Å². The lowest BCUT2D eigenvalue weighted by atomic mass is 10.2. The summed E-state index contributed by atoms with van der Waals surface area (Å²) >= 11 is 0. The first-order valence-corrected chi connectivity index (χ1v) is 8.33. The molecular weight excluding hydrogens is 316 g/mol. The predicted octanol–water partition coefficient (Wildman–Crippen LogP) is 2.48. The molecule has 0 aromatic heterocycles. The van der Waals surface area contributed by atoms with Crippen LogP contribution in [0.1, 0.15) is 6.92 Å². The maximum absolute atomic E-state index is 12.5. The number of benzene rings is 2. The first-order chi connectivity index (χ1) is 10.8. The third kappa shape index (κ3) is 3.81. The maximum Gasteiger partial charge on any atom is 0.261 e. The molecule has 7 heteroatoms. The number of para-hydroxylation sites is 2. The number of carbonyl (C=O) groups is 1. The molecule has 1 amide bonds. The van der Waals surface area contributed by atoms with Crippen LogP contribution in [0, 0.1) is 0 Å². The molecule has 0 heterocycles. The lowest BCUT2D eigenvalue weighted by Gasteiger charge is -2.19. The zero-order valence-electron chi connectivity index (χ0n) is 13.1. The van der Waals surface area contributed by atoms with Crippen LogP contribution in [0.15, 0.2) is 53.4 Å². The fourth-order valence-corrected chi connectivity index (χ4v) is 3.05. The fourth-order valence-electron chi connectivity index (χ4n) is 1.98. The van der Waals surface area contributed by atoms with Crippen LogP contribution >= 0.6 is 0 Å². The summed E-state index contributed by atoms with van der Waals surface area (Å²) in [7, 11) is -0.668. The van der Waals surface area contributed by atoms with Crippen molar-refractivity contribution in [2.24, 2.45) is 0 Å². The molecule has 0 saturated carbocycles. The van der Waals surface area contributed by atoms with E-state index in [2.05, 4.69) is 4.72 Å². The molecular formula is C16H18N2O4S. The highest BCUT2D eigenvalue weighted by atomic mass is 32.2. The highest BCUT2D eigenvalue weighted by molar-refractivity contribution is 7.92. The van der Waals surface area contributed by atoms with Crippen molar-refractivity contribution in [2.75, 3.05) is 23.8 Å². The van der Waals surface area contributed by atoms with E-state index in [0.29, 0.717) is 17.1 Å². The van der Waals surface area contributed by atoms with E-state index < -0.39 is 10.0 Å². The van der Waals surface area contributed by atoms with Gasteiger partial charge in [0.25, 0.3) is 10.0 Å². The molecule has 0 unspecified atom stereocenters. The quantitative estimate of drug-likeness (QED) is 0.911. The Bertz CT molecular complexity index is 801. The Morgan fingerprint density at radius 1 is 1.09 bits per heavy atom. The molecule has 0 bridgehead atoms. The summed E-state index contributed by atoms with van der Waals surface area (Å²) in [5.74, 6) is 0.377. The topological polar surface area (TPSA) is 75.7 Å². The van der Waals surface area contributed by atoms with Crippen molar-refractivity contribution in [3.8, 4) is 5.75 Å². The van der Waals surface area contributed by atoms with E-state index in [-0.39, 0.29) is 10.8 Å². The SMILES string of the molecule is COc1ccc(S(=O)(=O)Nc2ccccc2N(C)C(C)=O)cc1. The molecule has 0 radical (unpaired) electrons. The van der Waals surface area contributed by atoms with Crippen LogP contribution in [0.5, 0.6) is 5.75 Å². The van der Waals surface area contributed by atoms with Crippen LogP contribution in [0.25, 0.3) is 0 Å². The monoisotopic (exact) mass is 334 g/mol. The highest BCUT2D eigenvalue weighted by Gasteiger charge is 2.18. The lowest BCUT2D eigenvalue weighted by Crippen LogP contribution is -2.25. The number of ether oxygens (including phenoxy) is 1. The van der Waals surface area contributed by atoms with E-state index in [0.717, 1.165) is 0 Å². The molecule has 2 rings (SSSR count). The van der Waals surface area contributed by atoms with E-state index in [1.54, 1.807) is 43.4 Å². The molecule has 2 aromatic carbocycles. The number of nitrogens with zero attached hydrogens (tertiary/aromatic N) is 1. The second-order valence-corrected chi connectivity index (χ2v) is 6.56. The van der Waals surface area contributed by atoms with Crippen molar-refractivity contribution in [3.63, 3.8) is 0 Å². The average Bonchev–Trinajstić information content (AvgIpc) is 2.54. The minimum absolute atomic E-state index is 0.110. The minimum Gasteiger partial charge on any atom is -0.497 e. The van der Waals surface area contributed by atoms with E-state index in [9.17, 15) is 13.2 Å². The molecule has 0 aliphatic rings. The van der Waals surface area contributed by atoms with E-state index in [4.69, 9.17) is 4.74 Å². The van der Waals surface area contributed by atoms with Gasteiger partial charge in [-0.25, -0.2) is 8.42 Å². The van der Waals surface area contributed by atoms with Crippen molar-refractivity contribution in [1.29, 1.82) is 0 Å². The van der Waals surface area contributed by atoms with Gasteiger partial charge in [-0.05, 0) is 36.4 Å². The average molecular weight is 334 g/mol. The molecule has 0 saturated heterocycles. The second kappa shape index (κ2) is 6.70. The van der Waals surface area contributed by atoms with Crippen molar-refractivity contribution in [2.45, 2.75) is 11.8 Å². The summed E-state index contributed by atoms with van der Waals surface area (Å²) in [6, 6.07) is 12.8. The summed E-state index contributed by atoms with van der Waals surface area (Å²) in [6.07, 6.45) is 0. The predicted molar refractivity (Wildman–Crippen MR) is 89.3 cm³/mol.